The number of likely N-dealkylation sites (N-methyl/N-ethyl adjacent to an activating group) is 1. The van der Waals surface area contributed by atoms with Crippen LogP contribution in [0.1, 0.15) is 12.0 Å². The van der Waals surface area contributed by atoms with Crippen LogP contribution in [0.2, 0.25) is 0 Å². The fourth-order valence-corrected chi connectivity index (χ4v) is 1.99. The molecule has 19 heavy (non-hydrogen) atoms. The van der Waals surface area contributed by atoms with Gasteiger partial charge in [0.25, 0.3) is 0 Å². The van der Waals surface area contributed by atoms with Crippen LogP contribution in [-0.4, -0.2) is 41.6 Å². The van der Waals surface area contributed by atoms with E-state index >= 15 is 0 Å². The van der Waals surface area contributed by atoms with Gasteiger partial charge in [0.1, 0.15) is 6.17 Å². The predicted molar refractivity (Wildman–Crippen MR) is 76.5 cm³/mol. The first-order valence-electron chi connectivity index (χ1n) is 5.68. The van der Waals surface area contributed by atoms with Crippen molar-refractivity contribution in [1.82, 2.24) is 15.2 Å². The van der Waals surface area contributed by atoms with Crippen LogP contribution < -0.4 is 5.32 Å². The van der Waals surface area contributed by atoms with E-state index in [0.29, 0.717) is 6.54 Å². The highest BCUT2D eigenvalue weighted by Gasteiger charge is 2.30. The zero-order valence-corrected chi connectivity index (χ0v) is 12.2. The molecule has 0 aliphatic carbocycles. The maximum Gasteiger partial charge on any atom is 0.239 e. The summed E-state index contributed by atoms with van der Waals surface area (Å²) in [6.07, 6.45) is 2.76. The second-order valence-corrected chi connectivity index (χ2v) is 4.34. The number of hydrogen-bond acceptors (Lipinski definition) is 3. The van der Waals surface area contributed by atoms with E-state index in [0.717, 1.165) is 5.56 Å². The van der Waals surface area contributed by atoms with Crippen molar-refractivity contribution in [2.75, 3.05) is 13.6 Å². The van der Waals surface area contributed by atoms with Crippen LogP contribution in [0.5, 0.6) is 0 Å². The molecule has 1 saturated heterocycles. The van der Waals surface area contributed by atoms with Crippen molar-refractivity contribution in [2.24, 2.45) is 0 Å². The van der Waals surface area contributed by atoms with Crippen molar-refractivity contribution in [1.29, 1.82) is 0 Å². The lowest BCUT2D eigenvalue weighted by Gasteiger charge is -2.21. The molecule has 1 aromatic heterocycles. The van der Waals surface area contributed by atoms with Crippen LogP contribution in [0, 0.1) is 0 Å². The van der Waals surface area contributed by atoms with E-state index in [4.69, 9.17) is 0 Å². The van der Waals surface area contributed by atoms with Crippen molar-refractivity contribution in [2.45, 2.75) is 25.2 Å². The number of halogens is 3. The summed E-state index contributed by atoms with van der Waals surface area (Å²) in [6, 6.07) is 3.35. The minimum atomic E-state index is -0.904. The molecule has 0 saturated carbocycles. The molecule has 1 aromatic rings. The third-order valence-electron chi connectivity index (χ3n) is 2.92. The highest BCUT2D eigenvalue weighted by molar-refractivity contribution is 5.85. The molecule has 1 fully saturated rings. The van der Waals surface area contributed by atoms with Gasteiger partial charge in [-0.2, -0.15) is 0 Å². The number of rotatable bonds is 3. The standard InChI is InChI=1S/C12H16FN3O.2ClH/c1-16(8-9-2-4-14-5-3-9)12(17)11-6-10(13)7-15-11;;/h2-5,10-11,15H,6-8H2,1H3;2*1H/t10-,11+;;/m0../s1. The lowest BCUT2D eigenvalue weighted by atomic mass is 10.2. The molecular weight excluding hydrogens is 292 g/mol. The predicted octanol–water partition coefficient (Wildman–Crippen LogP) is 1.58. The normalized spacial score (nSPS) is 21.2. The Hall–Kier alpha value is -0.910. The zero-order valence-electron chi connectivity index (χ0n) is 10.6. The molecule has 0 aromatic carbocycles. The van der Waals surface area contributed by atoms with Crippen LogP contribution in [0.15, 0.2) is 24.5 Å². The molecule has 0 radical (unpaired) electrons. The minimum Gasteiger partial charge on any atom is -0.340 e. The van der Waals surface area contributed by atoms with E-state index in [9.17, 15) is 9.18 Å². The molecule has 2 rings (SSSR count). The summed E-state index contributed by atoms with van der Waals surface area (Å²) in [4.78, 5) is 17.5. The van der Waals surface area contributed by atoms with Gasteiger partial charge >= 0.3 is 0 Å². The van der Waals surface area contributed by atoms with E-state index in [1.54, 1.807) is 24.3 Å². The van der Waals surface area contributed by atoms with Crippen molar-refractivity contribution >= 4 is 30.7 Å². The Labute approximate surface area is 124 Å². The summed E-state index contributed by atoms with van der Waals surface area (Å²) in [7, 11) is 1.73. The van der Waals surface area contributed by atoms with E-state index in [-0.39, 0.29) is 49.7 Å². The lowest BCUT2D eigenvalue weighted by molar-refractivity contribution is -0.132. The number of aromatic nitrogens is 1. The summed E-state index contributed by atoms with van der Waals surface area (Å²) in [5.74, 6) is -0.0537. The maximum absolute atomic E-state index is 13.0. The number of hydrogen-bond donors (Lipinski definition) is 1. The van der Waals surface area contributed by atoms with Gasteiger partial charge in [-0.3, -0.25) is 9.78 Å². The molecular formula is C12H18Cl2FN3O. The molecule has 7 heteroatoms. The van der Waals surface area contributed by atoms with Gasteiger partial charge in [-0.15, -0.1) is 24.8 Å². The topological polar surface area (TPSA) is 45.2 Å². The summed E-state index contributed by atoms with van der Waals surface area (Å²) < 4.78 is 13.0. The van der Waals surface area contributed by atoms with Crippen molar-refractivity contribution < 1.29 is 9.18 Å². The molecule has 4 nitrogen and oxygen atoms in total. The quantitative estimate of drug-likeness (QED) is 0.922. The monoisotopic (exact) mass is 309 g/mol. The SMILES string of the molecule is CN(Cc1ccncc1)C(=O)[C@H]1C[C@H](F)CN1.Cl.Cl. The lowest BCUT2D eigenvalue weighted by Crippen LogP contribution is -2.41. The Morgan fingerprint density at radius 1 is 1.47 bits per heavy atom. The Balaban J connectivity index is 0.00000162. The van der Waals surface area contributed by atoms with Crippen molar-refractivity contribution in [3.63, 3.8) is 0 Å². The van der Waals surface area contributed by atoms with Crippen LogP contribution in [0.25, 0.3) is 0 Å². The third kappa shape index (κ3) is 4.93. The van der Waals surface area contributed by atoms with E-state index in [2.05, 4.69) is 10.3 Å². The third-order valence-corrected chi connectivity index (χ3v) is 2.92. The molecule has 0 bridgehead atoms. The van der Waals surface area contributed by atoms with E-state index < -0.39 is 6.17 Å². The first kappa shape index (κ1) is 18.1. The second kappa shape index (κ2) is 8.30. The van der Waals surface area contributed by atoms with Crippen molar-refractivity contribution in [3.05, 3.63) is 30.1 Å². The van der Waals surface area contributed by atoms with Gasteiger partial charge in [0.05, 0.1) is 6.04 Å². The second-order valence-electron chi connectivity index (χ2n) is 4.34. The van der Waals surface area contributed by atoms with Gasteiger partial charge in [0, 0.05) is 39.0 Å². The fourth-order valence-electron chi connectivity index (χ4n) is 1.99. The number of carbonyl (C=O) groups excluding carboxylic acids is 1. The Morgan fingerprint density at radius 3 is 2.63 bits per heavy atom. The summed E-state index contributed by atoms with van der Waals surface area (Å²) in [5.41, 5.74) is 1.02. The molecule has 108 valence electrons. The first-order valence-corrected chi connectivity index (χ1v) is 5.68. The maximum atomic E-state index is 13.0. The van der Waals surface area contributed by atoms with Gasteiger partial charge < -0.3 is 10.2 Å². The number of nitrogens with one attached hydrogen (secondary N) is 1. The van der Waals surface area contributed by atoms with Crippen molar-refractivity contribution in [3.8, 4) is 0 Å². The molecule has 0 spiro atoms. The van der Waals surface area contributed by atoms with Gasteiger partial charge in [-0.25, -0.2) is 4.39 Å². The van der Waals surface area contributed by atoms with Gasteiger partial charge in [-0.05, 0) is 17.7 Å². The highest BCUT2D eigenvalue weighted by atomic mass is 35.5. The largest absolute Gasteiger partial charge is 0.340 e. The van der Waals surface area contributed by atoms with Gasteiger partial charge in [0.15, 0.2) is 0 Å². The van der Waals surface area contributed by atoms with Crippen LogP contribution >= 0.6 is 24.8 Å². The summed E-state index contributed by atoms with van der Waals surface area (Å²) in [6.45, 7) is 0.802. The molecule has 2 atom stereocenters. The van der Waals surface area contributed by atoms with Crippen LogP contribution in [0.3, 0.4) is 0 Å². The highest BCUT2D eigenvalue weighted by Crippen LogP contribution is 2.13. The Bertz CT molecular complexity index is 394. The smallest absolute Gasteiger partial charge is 0.239 e. The molecule has 1 N–H and O–H groups in total. The first-order chi connectivity index (χ1) is 8.16. The molecule has 2 heterocycles. The fraction of sp³-hybridized carbons (Fsp3) is 0.500. The average molecular weight is 310 g/mol. The Kier molecular flexibility index (Phi) is 7.90. The number of nitrogens with zero attached hydrogens (tertiary/aromatic N) is 2. The van der Waals surface area contributed by atoms with Gasteiger partial charge in [-0.1, -0.05) is 0 Å². The number of carbonyl (C=O) groups is 1. The average Bonchev–Trinajstić information content (AvgIpc) is 2.76. The summed E-state index contributed by atoms with van der Waals surface area (Å²) >= 11 is 0. The van der Waals surface area contributed by atoms with Crippen LogP contribution in [0.4, 0.5) is 4.39 Å². The minimum absolute atomic E-state index is 0. The van der Waals surface area contributed by atoms with Gasteiger partial charge in [0.2, 0.25) is 5.91 Å². The summed E-state index contributed by atoms with van der Waals surface area (Å²) in [5, 5.41) is 2.89. The molecule has 1 aliphatic heterocycles. The molecule has 0 unspecified atom stereocenters. The number of alkyl halides is 1. The Morgan fingerprint density at radius 2 is 2.11 bits per heavy atom. The number of pyridine rings is 1. The van der Waals surface area contributed by atoms with Crippen LogP contribution in [-0.2, 0) is 11.3 Å². The zero-order chi connectivity index (χ0) is 12.3. The molecule has 1 amide bonds. The van der Waals surface area contributed by atoms with E-state index in [1.165, 1.54) is 0 Å². The molecule has 1 aliphatic rings. The number of amides is 1. The van der Waals surface area contributed by atoms with E-state index in [1.807, 2.05) is 12.1 Å².